The lowest BCUT2D eigenvalue weighted by molar-refractivity contribution is -0.141. The number of carbonyl (C=O) groups is 1. The fourth-order valence-electron chi connectivity index (χ4n) is 2.08. The Kier molecular flexibility index (Phi) is 5.88. The van der Waals surface area contributed by atoms with Gasteiger partial charge in [-0.2, -0.15) is 18.3 Å². The van der Waals surface area contributed by atoms with Crippen molar-refractivity contribution < 1.29 is 26.7 Å². The molecule has 0 fully saturated rings. The lowest BCUT2D eigenvalue weighted by Crippen LogP contribution is -2.32. The third-order valence-corrected chi connectivity index (χ3v) is 4.12. The van der Waals surface area contributed by atoms with E-state index in [0.29, 0.717) is 5.75 Å². The van der Waals surface area contributed by atoms with Gasteiger partial charge >= 0.3 is 6.18 Å². The monoisotopic (exact) mass is 398 g/mol. The summed E-state index contributed by atoms with van der Waals surface area (Å²) in [4.78, 5) is 12.4. The predicted molar refractivity (Wildman–Crippen MR) is 82.4 cm³/mol. The Morgan fingerprint density at radius 1 is 1.35 bits per heavy atom. The van der Waals surface area contributed by atoms with Crippen molar-refractivity contribution in [2.45, 2.75) is 44.6 Å². The molecule has 0 aliphatic carbocycles. The van der Waals surface area contributed by atoms with E-state index in [0.717, 1.165) is 27.2 Å². The molecule has 2 rings (SSSR count). The molecule has 1 N–H and O–H groups in total. The standard InChI is InChI=1S/C13H15F5N6OS/c1-4-26-12-20-19-10(9(14)15)24(12)22-11(25)7(3)23-6(2)5-8(21-23)13(16,17)18/h5,7,9H,4H2,1-3H3,(H,22,25). The number of alkyl halides is 5. The molecule has 0 saturated heterocycles. The molecule has 0 aliphatic heterocycles. The molecule has 144 valence electrons. The van der Waals surface area contributed by atoms with Crippen LogP contribution in [0.2, 0.25) is 0 Å². The first-order chi connectivity index (χ1) is 12.1. The largest absolute Gasteiger partial charge is 0.435 e. The van der Waals surface area contributed by atoms with E-state index in [4.69, 9.17) is 0 Å². The third-order valence-electron chi connectivity index (χ3n) is 3.31. The van der Waals surface area contributed by atoms with Gasteiger partial charge in [0.05, 0.1) is 0 Å². The summed E-state index contributed by atoms with van der Waals surface area (Å²) in [5, 5.41) is 10.3. The maximum atomic E-state index is 13.0. The Morgan fingerprint density at radius 3 is 2.50 bits per heavy atom. The molecule has 2 heterocycles. The molecule has 2 aromatic rings. The molecule has 2 aromatic heterocycles. The Bertz CT molecular complexity index is 787. The molecule has 1 amide bonds. The zero-order valence-corrected chi connectivity index (χ0v) is 14.7. The number of aromatic nitrogens is 5. The maximum Gasteiger partial charge on any atom is 0.435 e. The molecular formula is C13H15F5N6OS. The highest BCUT2D eigenvalue weighted by atomic mass is 32.2. The summed E-state index contributed by atoms with van der Waals surface area (Å²) in [6.07, 6.45) is -7.65. The number of rotatable bonds is 6. The van der Waals surface area contributed by atoms with E-state index in [1.165, 1.54) is 13.8 Å². The minimum absolute atomic E-state index is 0.0384. The quantitative estimate of drug-likeness (QED) is 0.597. The van der Waals surface area contributed by atoms with Crippen molar-refractivity contribution in [1.82, 2.24) is 24.7 Å². The summed E-state index contributed by atoms with van der Waals surface area (Å²) in [5.74, 6) is -1.13. The number of aryl methyl sites for hydroxylation is 1. The number of thioether (sulfide) groups is 1. The average Bonchev–Trinajstić information content (AvgIpc) is 3.11. The van der Waals surface area contributed by atoms with Gasteiger partial charge in [0.25, 0.3) is 12.3 Å². The Hall–Kier alpha value is -2.18. The minimum Gasteiger partial charge on any atom is -0.271 e. The van der Waals surface area contributed by atoms with E-state index >= 15 is 0 Å². The van der Waals surface area contributed by atoms with E-state index in [9.17, 15) is 26.7 Å². The lowest BCUT2D eigenvalue weighted by Gasteiger charge is -2.16. The first-order valence-electron chi connectivity index (χ1n) is 7.36. The van der Waals surface area contributed by atoms with Crippen LogP contribution in [0.4, 0.5) is 22.0 Å². The molecule has 13 heteroatoms. The van der Waals surface area contributed by atoms with E-state index in [2.05, 4.69) is 20.7 Å². The highest BCUT2D eigenvalue weighted by Crippen LogP contribution is 2.29. The van der Waals surface area contributed by atoms with Crippen LogP contribution in [0, 0.1) is 6.92 Å². The van der Waals surface area contributed by atoms with Crippen LogP contribution < -0.4 is 5.43 Å². The van der Waals surface area contributed by atoms with Crippen molar-refractivity contribution in [3.63, 3.8) is 0 Å². The SMILES string of the molecule is CCSc1nnc(C(F)F)n1NC(=O)C(C)n1nc(C(F)(F)F)cc1C. The van der Waals surface area contributed by atoms with Crippen LogP contribution in [0.15, 0.2) is 11.2 Å². The molecule has 0 saturated carbocycles. The number of hydrogen-bond donors (Lipinski definition) is 1. The first-order valence-corrected chi connectivity index (χ1v) is 8.35. The summed E-state index contributed by atoms with van der Waals surface area (Å²) in [5.41, 5.74) is 1.16. The fourth-order valence-corrected chi connectivity index (χ4v) is 2.71. The van der Waals surface area contributed by atoms with E-state index < -0.39 is 36.1 Å². The van der Waals surface area contributed by atoms with Crippen LogP contribution in [0.25, 0.3) is 0 Å². The topological polar surface area (TPSA) is 77.6 Å². The van der Waals surface area contributed by atoms with Crippen molar-refractivity contribution in [3.8, 4) is 0 Å². The predicted octanol–water partition coefficient (Wildman–Crippen LogP) is 3.18. The molecular weight excluding hydrogens is 383 g/mol. The van der Waals surface area contributed by atoms with Gasteiger partial charge in [-0.3, -0.25) is 14.9 Å². The van der Waals surface area contributed by atoms with Crippen LogP contribution in [0.5, 0.6) is 0 Å². The molecule has 7 nitrogen and oxygen atoms in total. The molecule has 0 bridgehead atoms. The van der Waals surface area contributed by atoms with E-state index in [1.807, 2.05) is 0 Å². The van der Waals surface area contributed by atoms with Crippen LogP contribution in [0.3, 0.4) is 0 Å². The van der Waals surface area contributed by atoms with Gasteiger partial charge in [0, 0.05) is 5.69 Å². The number of amides is 1. The zero-order valence-electron chi connectivity index (χ0n) is 13.9. The minimum atomic E-state index is -4.66. The molecule has 26 heavy (non-hydrogen) atoms. The van der Waals surface area contributed by atoms with Crippen molar-refractivity contribution in [1.29, 1.82) is 0 Å². The Labute approximate surface area is 148 Å². The van der Waals surface area contributed by atoms with Gasteiger partial charge in [-0.25, -0.2) is 13.5 Å². The maximum absolute atomic E-state index is 13.0. The molecule has 0 spiro atoms. The van der Waals surface area contributed by atoms with Crippen LogP contribution in [-0.4, -0.2) is 36.3 Å². The highest BCUT2D eigenvalue weighted by molar-refractivity contribution is 7.99. The van der Waals surface area contributed by atoms with Crippen LogP contribution in [-0.2, 0) is 11.0 Å². The summed E-state index contributed by atoms with van der Waals surface area (Å²) in [7, 11) is 0. The lowest BCUT2D eigenvalue weighted by atomic mass is 10.3. The van der Waals surface area contributed by atoms with Gasteiger partial charge in [0.15, 0.2) is 5.69 Å². The number of nitrogens with zero attached hydrogens (tertiary/aromatic N) is 5. The molecule has 1 unspecified atom stereocenters. The number of halogens is 5. The van der Waals surface area contributed by atoms with Crippen LogP contribution >= 0.6 is 11.8 Å². The summed E-state index contributed by atoms with van der Waals surface area (Å²) >= 11 is 1.07. The van der Waals surface area contributed by atoms with Gasteiger partial charge in [0.2, 0.25) is 11.0 Å². The third kappa shape index (κ3) is 4.14. The average molecular weight is 398 g/mol. The van der Waals surface area contributed by atoms with Crippen molar-refractivity contribution >= 4 is 17.7 Å². The first kappa shape index (κ1) is 20.1. The van der Waals surface area contributed by atoms with Gasteiger partial charge in [-0.1, -0.05) is 18.7 Å². The second-order valence-electron chi connectivity index (χ2n) is 5.18. The molecule has 0 radical (unpaired) electrons. The van der Waals surface area contributed by atoms with Crippen molar-refractivity contribution in [2.24, 2.45) is 0 Å². The van der Waals surface area contributed by atoms with Gasteiger partial charge in [-0.05, 0) is 25.7 Å². The van der Waals surface area contributed by atoms with E-state index in [-0.39, 0.29) is 10.9 Å². The second-order valence-corrected chi connectivity index (χ2v) is 6.41. The van der Waals surface area contributed by atoms with Crippen LogP contribution in [0.1, 0.15) is 43.5 Å². The van der Waals surface area contributed by atoms with Gasteiger partial charge in [-0.15, -0.1) is 10.2 Å². The zero-order chi connectivity index (χ0) is 19.6. The summed E-state index contributed by atoms with van der Waals surface area (Å²) < 4.78 is 65.9. The molecule has 0 aromatic carbocycles. The smallest absolute Gasteiger partial charge is 0.271 e. The van der Waals surface area contributed by atoms with Gasteiger partial charge < -0.3 is 0 Å². The summed E-state index contributed by atoms with van der Waals surface area (Å²) in [6, 6.07) is -0.385. The Balaban J connectivity index is 2.28. The number of hydrogen-bond acceptors (Lipinski definition) is 5. The highest BCUT2D eigenvalue weighted by Gasteiger charge is 2.35. The number of nitrogens with one attached hydrogen (secondary N) is 1. The van der Waals surface area contributed by atoms with Gasteiger partial charge in [0.1, 0.15) is 6.04 Å². The van der Waals surface area contributed by atoms with Crippen molar-refractivity contribution in [3.05, 3.63) is 23.3 Å². The normalized spacial score (nSPS) is 13.3. The molecule has 1 atom stereocenters. The molecule has 0 aliphatic rings. The van der Waals surface area contributed by atoms with Crippen molar-refractivity contribution in [2.75, 3.05) is 11.2 Å². The second kappa shape index (κ2) is 7.60. The Morgan fingerprint density at radius 2 is 2.00 bits per heavy atom. The summed E-state index contributed by atoms with van der Waals surface area (Å²) in [6.45, 7) is 4.41. The number of carbonyl (C=O) groups excluding carboxylic acids is 1. The van der Waals surface area contributed by atoms with E-state index in [1.54, 1.807) is 6.92 Å². The fraction of sp³-hybridized carbons (Fsp3) is 0.538.